The number of piperazine rings is 1. The van der Waals surface area contributed by atoms with Crippen LogP contribution in [0.15, 0.2) is 24.3 Å². The molecule has 0 radical (unpaired) electrons. The summed E-state index contributed by atoms with van der Waals surface area (Å²) in [6.45, 7) is 6.21. The maximum atomic E-state index is 12.5. The van der Waals surface area contributed by atoms with Crippen molar-refractivity contribution in [1.82, 2.24) is 9.80 Å². The van der Waals surface area contributed by atoms with Crippen molar-refractivity contribution in [3.63, 3.8) is 0 Å². The Balaban J connectivity index is 1.37. The molecule has 0 N–H and O–H groups in total. The molecule has 3 rings (SSSR count). The molecule has 1 aromatic rings. The summed E-state index contributed by atoms with van der Waals surface area (Å²) in [4.78, 5) is 16.8. The lowest BCUT2D eigenvalue weighted by atomic mass is 10.0. The summed E-state index contributed by atoms with van der Waals surface area (Å²) in [5.74, 6) is 1.06. The summed E-state index contributed by atoms with van der Waals surface area (Å²) in [6, 6.07) is 7.52. The first kappa shape index (κ1) is 17.5. The van der Waals surface area contributed by atoms with Crippen molar-refractivity contribution >= 4 is 17.5 Å². The van der Waals surface area contributed by atoms with Crippen molar-refractivity contribution in [2.45, 2.75) is 12.8 Å². The molecule has 0 bridgehead atoms. The van der Waals surface area contributed by atoms with E-state index in [-0.39, 0.29) is 11.8 Å². The minimum Gasteiger partial charge on any atom is -0.491 e. The summed E-state index contributed by atoms with van der Waals surface area (Å²) < 4.78 is 11.2. The van der Waals surface area contributed by atoms with Crippen molar-refractivity contribution in [2.24, 2.45) is 5.92 Å². The van der Waals surface area contributed by atoms with Gasteiger partial charge in [0.1, 0.15) is 12.4 Å². The molecule has 5 nitrogen and oxygen atoms in total. The second kappa shape index (κ2) is 8.70. The maximum Gasteiger partial charge on any atom is 0.228 e. The van der Waals surface area contributed by atoms with Crippen LogP contribution >= 0.6 is 11.6 Å². The van der Waals surface area contributed by atoms with Crippen LogP contribution in [0.4, 0.5) is 0 Å². The van der Waals surface area contributed by atoms with E-state index in [1.165, 1.54) is 0 Å². The summed E-state index contributed by atoms with van der Waals surface area (Å²) in [5.41, 5.74) is 0. The maximum absolute atomic E-state index is 12.5. The molecular formula is C18H25ClN2O3. The van der Waals surface area contributed by atoms with E-state index < -0.39 is 0 Å². The average Bonchev–Trinajstić information content (AvgIpc) is 2.64. The van der Waals surface area contributed by atoms with E-state index in [0.29, 0.717) is 18.2 Å². The fraction of sp³-hybridized carbons (Fsp3) is 0.611. The van der Waals surface area contributed by atoms with Crippen LogP contribution < -0.4 is 4.74 Å². The molecule has 0 spiro atoms. The highest BCUT2D eigenvalue weighted by atomic mass is 35.5. The van der Waals surface area contributed by atoms with Gasteiger partial charge >= 0.3 is 0 Å². The van der Waals surface area contributed by atoms with Crippen LogP contribution in [-0.2, 0) is 9.53 Å². The SMILES string of the molecule is O=C([C@H]1CCCOC1)N1CCN(CCOc2ccccc2Cl)CC1. The largest absolute Gasteiger partial charge is 0.491 e. The van der Waals surface area contributed by atoms with Gasteiger partial charge in [-0.25, -0.2) is 0 Å². The molecule has 1 aromatic carbocycles. The molecule has 0 saturated carbocycles. The molecule has 2 aliphatic heterocycles. The van der Waals surface area contributed by atoms with Crippen LogP contribution in [0.25, 0.3) is 0 Å². The molecule has 24 heavy (non-hydrogen) atoms. The second-order valence-electron chi connectivity index (χ2n) is 6.36. The standard InChI is InChI=1S/C18H25ClN2O3/c19-16-5-1-2-6-17(16)24-13-11-20-7-9-21(10-8-20)18(22)15-4-3-12-23-14-15/h1-2,5-6,15H,3-4,7-14H2/t15-/m0/s1. The number of rotatable bonds is 5. The predicted molar refractivity (Wildman–Crippen MR) is 93.5 cm³/mol. The Morgan fingerprint density at radius 1 is 1.25 bits per heavy atom. The van der Waals surface area contributed by atoms with Gasteiger partial charge in [-0.1, -0.05) is 23.7 Å². The van der Waals surface area contributed by atoms with Gasteiger partial charge in [0, 0.05) is 39.3 Å². The Morgan fingerprint density at radius 2 is 2.04 bits per heavy atom. The first-order chi connectivity index (χ1) is 11.7. The van der Waals surface area contributed by atoms with Crippen molar-refractivity contribution in [1.29, 1.82) is 0 Å². The molecule has 0 aromatic heterocycles. The molecular weight excluding hydrogens is 328 g/mol. The lowest BCUT2D eigenvalue weighted by Crippen LogP contribution is -2.51. The predicted octanol–water partition coefficient (Wildman–Crippen LogP) is 2.29. The van der Waals surface area contributed by atoms with Gasteiger partial charge in [0.05, 0.1) is 17.5 Å². The Morgan fingerprint density at radius 3 is 2.75 bits per heavy atom. The van der Waals surface area contributed by atoms with Crippen LogP contribution in [0.3, 0.4) is 0 Å². The molecule has 2 saturated heterocycles. The minimum atomic E-state index is 0.0638. The first-order valence-electron chi connectivity index (χ1n) is 8.70. The number of carbonyl (C=O) groups is 1. The van der Waals surface area contributed by atoms with Crippen LogP contribution in [0, 0.1) is 5.92 Å². The minimum absolute atomic E-state index is 0.0638. The molecule has 2 heterocycles. The monoisotopic (exact) mass is 352 g/mol. The zero-order valence-electron chi connectivity index (χ0n) is 14.0. The molecule has 2 aliphatic rings. The van der Waals surface area contributed by atoms with E-state index in [4.69, 9.17) is 21.1 Å². The zero-order chi connectivity index (χ0) is 16.8. The quantitative estimate of drug-likeness (QED) is 0.815. The summed E-state index contributed by atoms with van der Waals surface area (Å²) in [5, 5.41) is 0.641. The van der Waals surface area contributed by atoms with E-state index in [1.807, 2.05) is 29.2 Å². The molecule has 1 atom stereocenters. The highest BCUT2D eigenvalue weighted by Gasteiger charge is 2.28. The molecule has 0 unspecified atom stereocenters. The van der Waals surface area contributed by atoms with Crippen molar-refractivity contribution < 1.29 is 14.3 Å². The van der Waals surface area contributed by atoms with Crippen molar-refractivity contribution in [3.05, 3.63) is 29.3 Å². The number of benzene rings is 1. The van der Waals surface area contributed by atoms with Gasteiger partial charge in [0.25, 0.3) is 0 Å². The van der Waals surface area contributed by atoms with Gasteiger partial charge in [-0.3, -0.25) is 9.69 Å². The van der Waals surface area contributed by atoms with E-state index >= 15 is 0 Å². The Hall–Kier alpha value is -1.30. The lowest BCUT2D eigenvalue weighted by Gasteiger charge is -2.37. The van der Waals surface area contributed by atoms with Gasteiger partial charge < -0.3 is 14.4 Å². The van der Waals surface area contributed by atoms with Gasteiger partial charge in [0.15, 0.2) is 0 Å². The molecule has 1 amide bonds. The second-order valence-corrected chi connectivity index (χ2v) is 6.77. The fourth-order valence-corrected chi connectivity index (χ4v) is 3.42. The number of hydrogen-bond acceptors (Lipinski definition) is 4. The van der Waals surface area contributed by atoms with E-state index in [1.54, 1.807) is 0 Å². The van der Waals surface area contributed by atoms with Crippen LogP contribution in [0.2, 0.25) is 5.02 Å². The molecule has 132 valence electrons. The molecule has 6 heteroatoms. The van der Waals surface area contributed by atoms with Gasteiger partial charge in [-0.2, -0.15) is 0 Å². The first-order valence-corrected chi connectivity index (χ1v) is 9.08. The third kappa shape index (κ3) is 4.62. The Kier molecular flexibility index (Phi) is 6.35. The number of hydrogen-bond donors (Lipinski definition) is 0. The highest BCUT2D eigenvalue weighted by molar-refractivity contribution is 6.32. The van der Waals surface area contributed by atoms with Crippen LogP contribution in [-0.4, -0.2) is 68.3 Å². The van der Waals surface area contributed by atoms with Gasteiger partial charge in [-0.15, -0.1) is 0 Å². The van der Waals surface area contributed by atoms with Gasteiger partial charge in [0.2, 0.25) is 5.91 Å². The number of carbonyl (C=O) groups excluding carboxylic acids is 1. The summed E-state index contributed by atoms with van der Waals surface area (Å²) in [6.07, 6.45) is 1.96. The summed E-state index contributed by atoms with van der Waals surface area (Å²) >= 11 is 6.08. The van der Waals surface area contributed by atoms with Crippen LogP contribution in [0.1, 0.15) is 12.8 Å². The lowest BCUT2D eigenvalue weighted by molar-refractivity contribution is -0.141. The fourth-order valence-electron chi connectivity index (χ4n) is 3.23. The van der Waals surface area contributed by atoms with Crippen LogP contribution in [0.5, 0.6) is 5.75 Å². The van der Waals surface area contributed by atoms with E-state index in [2.05, 4.69) is 4.90 Å². The number of halogens is 1. The number of para-hydroxylation sites is 1. The third-order valence-electron chi connectivity index (χ3n) is 4.70. The van der Waals surface area contributed by atoms with Crippen molar-refractivity contribution in [2.75, 3.05) is 52.5 Å². The summed E-state index contributed by atoms with van der Waals surface area (Å²) in [7, 11) is 0. The van der Waals surface area contributed by atoms with E-state index in [9.17, 15) is 4.79 Å². The van der Waals surface area contributed by atoms with Gasteiger partial charge in [-0.05, 0) is 25.0 Å². The normalized spacial score (nSPS) is 22.4. The third-order valence-corrected chi connectivity index (χ3v) is 5.01. The number of amides is 1. The Labute approximate surface area is 148 Å². The van der Waals surface area contributed by atoms with Crippen molar-refractivity contribution in [3.8, 4) is 5.75 Å². The molecule has 0 aliphatic carbocycles. The highest BCUT2D eigenvalue weighted by Crippen LogP contribution is 2.23. The average molecular weight is 353 g/mol. The number of ether oxygens (including phenoxy) is 2. The Bertz CT molecular complexity index is 541. The molecule has 2 fully saturated rings. The topological polar surface area (TPSA) is 42.0 Å². The van der Waals surface area contributed by atoms with E-state index in [0.717, 1.165) is 57.9 Å². The number of nitrogens with zero attached hydrogens (tertiary/aromatic N) is 2. The zero-order valence-corrected chi connectivity index (χ0v) is 14.7. The smallest absolute Gasteiger partial charge is 0.228 e.